The van der Waals surface area contributed by atoms with Crippen LogP contribution < -0.4 is 10.5 Å². The molecule has 0 saturated heterocycles. The molecule has 0 bridgehead atoms. The zero-order valence-electron chi connectivity index (χ0n) is 9.73. The molecule has 0 aromatic heterocycles. The molecule has 0 unspecified atom stereocenters. The van der Waals surface area contributed by atoms with Crippen molar-refractivity contribution in [1.82, 2.24) is 0 Å². The third-order valence-corrected chi connectivity index (χ3v) is 2.11. The smallest absolute Gasteiger partial charge is 0.130 e. The van der Waals surface area contributed by atoms with E-state index in [0.29, 0.717) is 0 Å². The van der Waals surface area contributed by atoms with Crippen molar-refractivity contribution in [3.05, 3.63) is 60.4 Å². The van der Waals surface area contributed by atoms with Gasteiger partial charge in [-0.15, -0.1) is 0 Å². The van der Waals surface area contributed by atoms with Gasteiger partial charge in [0.05, 0.1) is 0 Å². The van der Waals surface area contributed by atoms with Gasteiger partial charge in [-0.3, -0.25) is 0 Å². The number of ether oxygens (including phenoxy) is 1. The molecule has 1 aromatic rings. The van der Waals surface area contributed by atoms with E-state index in [0.717, 1.165) is 22.8 Å². The molecular formula is C14H17NO. The van der Waals surface area contributed by atoms with E-state index in [1.807, 2.05) is 50.3 Å². The maximum atomic E-state index is 5.72. The van der Waals surface area contributed by atoms with E-state index in [-0.39, 0.29) is 0 Å². The van der Waals surface area contributed by atoms with E-state index < -0.39 is 0 Å². The van der Waals surface area contributed by atoms with Crippen LogP contribution in [0.5, 0.6) is 5.75 Å². The van der Waals surface area contributed by atoms with Gasteiger partial charge >= 0.3 is 0 Å². The van der Waals surface area contributed by atoms with Gasteiger partial charge in [0.15, 0.2) is 0 Å². The van der Waals surface area contributed by atoms with Crippen molar-refractivity contribution >= 4 is 5.69 Å². The average molecular weight is 215 g/mol. The standard InChI is InChI=1S/C14H17NO/c1-4-6-7-13(5-2)16-14-9-8-12(15)10-11(14)3/h4-10H,1,15H2,2-3H3/b7-6-,13-5+. The Labute approximate surface area is 96.7 Å². The summed E-state index contributed by atoms with van der Waals surface area (Å²) < 4.78 is 5.72. The van der Waals surface area contributed by atoms with Crippen LogP contribution >= 0.6 is 0 Å². The van der Waals surface area contributed by atoms with Crippen LogP contribution in [-0.4, -0.2) is 0 Å². The van der Waals surface area contributed by atoms with Crippen molar-refractivity contribution in [2.24, 2.45) is 0 Å². The molecule has 2 N–H and O–H groups in total. The number of aryl methyl sites for hydroxylation is 1. The van der Waals surface area contributed by atoms with Crippen LogP contribution in [0.4, 0.5) is 5.69 Å². The third-order valence-electron chi connectivity index (χ3n) is 2.11. The lowest BCUT2D eigenvalue weighted by molar-refractivity contribution is 0.440. The van der Waals surface area contributed by atoms with Crippen molar-refractivity contribution in [3.63, 3.8) is 0 Å². The Morgan fingerprint density at radius 1 is 1.44 bits per heavy atom. The fourth-order valence-corrected chi connectivity index (χ4v) is 1.27. The Balaban J connectivity index is 2.86. The fraction of sp³-hybridized carbons (Fsp3) is 0.143. The number of anilines is 1. The summed E-state index contributed by atoms with van der Waals surface area (Å²) in [7, 11) is 0. The highest BCUT2D eigenvalue weighted by molar-refractivity contribution is 5.47. The van der Waals surface area contributed by atoms with Gasteiger partial charge in [-0.1, -0.05) is 18.7 Å². The van der Waals surface area contributed by atoms with E-state index >= 15 is 0 Å². The van der Waals surface area contributed by atoms with Gasteiger partial charge in [0, 0.05) is 5.69 Å². The lowest BCUT2D eigenvalue weighted by Gasteiger charge is -2.09. The van der Waals surface area contributed by atoms with Crippen molar-refractivity contribution < 1.29 is 4.74 Å². The van der Waals surface area contributed by atoms with Gasteiger partial charge < -0.3 is 10.5 Å². The predicted molar refractivity (Wildman–Crippen MR) is 69.3 cm³/mol. The highest BCUT2D eigenvalue weighted by Crippen LogP contribution is 2.22. The van der Waals surface area contributed by atoms with E-state index in [1.54, 1.807) is 6.08 Å². The minimum atomic E-state index is 0.744. The molecule has 0 aliphatic rings. The summed E-state index contributed by atoms with van der Waals surface area (Å²) in [6, 6.07) is 5.59. The molecule has 16 heavy (non-hydrogen) atoms. The molecule has 0 saturated carbocycles. The third kappa shape index (κ3) is 3.31. The number of nitrogens with two attached hydrogens (primary N) is 1. The van der Waals surface area contributed by atoms with Gasteiger partial charge in [-0.2, -0.15) is 0 Å². The van der Waals surface area contributed by atoms with E-state index in [1.165, 1.54) is 0 Å². The number of nitrogen functional groups attached to an aromatic ring is 1. The zero-order chi connectivity index (χ0) is 12.0. The van der Waals surface area contributed by atoms with Gasteiger partial charge in [0.2, 0.25) is 0 Å². The predicted octanol–water partition coefficient (Wildman–Crippen LogP) is 3.60. The second-order valence-corrected chi connectivity index (χ2v) is 3.41. The SMILES string of the molecule is C=C/C=C\C(=C/C)Oc1ccc(N)cc1C. The minimum Gasteiger partial charge on any atom is -0.457 e. The summed E-state index contributed by atoms with van der Waals surface area (Å²) in [5.41, 5.74) is 7.44. The van der Waals surface area contributed by atoms with Crippen molar-refractivity contribution in [1.29, 1.82) is 0 Å². The first-order valence-electron chi connectivity index (χ1n) is 5.16. The number of rotatable bonds is 4. The molecule has 0 aliphatic heterocycles. The second kappa shape index (κ2) is 5.81. The Hall–Kier alpha value is -1.96. The van der Waals surface area contributed by atoms with E-state index in [4.69, 9.17) is 10.5 Å². The first-order chi connectivity index (χ1) is 7.67. The number of allylic oxidation sites excluding steroid dienone is 4. The quantitative estimate of drug-likeness (QED) is 0.473. The monoisotopic (exact) mass is 215 g/mol. The topological polar surface area (TPSA) is 35.2 Å². The highest BCUT2D eigenvalue weighted by atomic mass is 16.5. The summed E-state index contributed by atoms with van der Waals surface area (Å²) in [5, 5.41) is 0. The van der Waals surface area contributed by atoms with Crippen LogP contribution in [0.3, 0.4) is 0 Å². The molecular weight excluding hydrogens is 198 g/mol. The second-order valence-electron chi connectivity index (χ2n) is 3.41. The first kappa shape index (κ1) is 12.1. The van der Waals surface area contributed by atoms with Crippen LogP contribution in [0.15, 0.2) is 54.8 Å². The van der Waals surface area contributed by atoms with Crippen molar-refractivity contribution in [2.75, 3.05) is 5.73 Å². The Bertz CT molecular complexity index is 430. The van der Waals surface area contributed by atoms with Gasteiger partial charge in [0.25, 0.3) is 0 Å². The number of hydrogen-bond acceptors (Lipinski definition) is 2. The van der Waals surface area contributed by atoms with Crippen molar-refractivity contribution in [2.45, 2.75) is 13.8 Å². The summed E-state index contributed by atoms with van der Waals surface area (Å²) >= 11 is 0. The molecule has 0 aliphatic carbocycles. The lowest BCUT2D eigenvalue weighted by atomic mass is 10.2. The molecule has 2 heteroatoms. The summed E-state index contributed by atoms with van der Waals surface area (Å²) in [6.45, 7) is 7.51. The highest BCUT2D eigenvalue weighted by Gasteiger charge is 2.01. The van der Waals surface area contributed by atoms with Crippen LogP contribution in [-0.2, 0) is 0 Å². The zero-order valence-corrected chi connectivity index (χ0v) is 9.73. The fourth-order valence-electron chi connectivity index (χ4n) is 1.27. The molecule has 1 aromatic carbocycles. The molecule has 2 nitrogen and oxygen atoms in total. The van der Waals surface area contributed by atoms with Gasteiger partial charge in [0.1, 0.15) is 11.5 Å². The molecule has 1 rings (SSSR count). The first-order valence-corrected chi connectivity index (χ1v) is 5.16. The molecule has 0 spiro atoms. The number of hydrogen-bond donors (Lipinski definition) is 1. The molecule has 0 fully saturated rings. The lowest BCUT2D eigenvalue weighted by Crippen LogP contribution is -1.95. The van der Waals surface area contributed by atoms with Crippen molar-refractivity contribution in [3.8, 4) is 5.75 Å². The maximum absolute atomic E-state index is 5.72. The summed E-state index contributed by atoms with van der Waals surface area (Å²) in [5.74, 6) is 1.60. The maximum Gasteiger partial charge on any atom is 0.130 e. The Kier molecular flexibility index (Phi) is 4.40. The molecule has 0 radical (unpaired) electrons. The summed E-state index contributed by atoms with van der Waals surface area (Å²) in [4.78, 5) is 0. The molecule has 0 amide bonds. The van der Waals surface area contributed by atoms with E-state index in [2.05, 4.69) is 6.58 Å². The molecule has 0 heterocycles. The summed E-state index contributed by atoms with van der Waals surface area (Å²) in [6.07, 6.45) is 7.31. The molecule has 84 valence electrons. The minimum absolute atomic E-state index is 0.744. The largest absolute Gasteiger partial charge is 0.457 e. The van der Waals surface area contributed by atoms with E-state index in [9.17, 15) is 0 Å². The van der Waals surface area contributed by atoms with Gasteiger partial charge in [-0.05, 0) is 49.8 Å². The van der Waals surface area contributed by atoms with Crippen LogP contribution in [0.1, 0.15) is 12.5 Å². The van der Waals surface area contributed by atoms with Crippen LogP contribution in [0.2, 0.25) is 0 Å². The van der Waals surface area contributed by atoms with Gasteiger partial charge in [-0.25, -0.2) is 0 Å². The Morgan fingerprint density at radius 3 is 2.75 bits per heavy atom. The van der Waals surface area contributed by atoms with Crippen LogP contribution in [0.25, 0.3) is 0 Å². The average Bonchev–Trinajstić information content (AvgIpc) is 2.27. The van der Waals surface area contributed by atoms with Crippen LogP contribution in [0, 0.1) is 6.92 Å². The molecule has 0 atom stereocenters. The Morgan fingerprint density at radius 2 is 2.19 bits per heavy atom. The normalized spacial score (nSPS) is 11.8. The number of benzene rings is 1.